The Morgan fingerprint density at radius 3 is 2.95 bits per heavy atom. The van der Waals surface area contributed by atoms with Crippen LogP contribution in [0.2, 0.25) is 0 Å². The zero-order valence-electron chi connectivity index (χ0n) is 10.8. The summed E-state index contributed by atoms with van der Waals surface area (Å²) in [6, 6.07) is 13.4. The van der Waals surface area contributed by atoms with Gasteiger partial charge in [0.25, 0.3) is 0 Å². The number of furan rings is 1. The fourth-order valence-corrected chi connectivity index (χ4v) is 1.69. The molecule has 1 aromatic carbocycles. The Balaban J connectivity index is 1.66. The zero-order valence-corrected chi connectivity index (χ0v) is 10.8. The van der Waals surface area contributed by atoms with Crippen LogP contribution in [-0.4, -0.2) is 13.2 Å². The minimum atomic E-state index is 0.341. The molecule has 0 saturated heterocycles. The van der Waals surface area contributed by atoms with Gasteiger partial charge in [0.2, 0.25) is 5.76 Å². The van der Waals surface area contributed by atoms with Crippen LogP contribution in [0.25, 0.3) is 0 Å². The van der Waals surface area contributed by atoms with E-state index in [2.05, 4.69) is 5.32 Å². The van der Waals surface area contributed by atoms with Gasteiger partial charge in [-0.15, -0.1) is 0 Å². The van der Waals surface area contributed by atoms with Gasteiger partial charge in [-0.1, -0.05) is 12.1 Å². The molecular formula is C15H16N2O2. The molecule has 0 aliphatic rings. The van der Waals surface area contributed by atoms with Crippen LogP contribution in [0.5, 0.6) is 5.75 Å². The van der Waals surface area contributed by atoms with Crippen molar-refractivity contribution >= 4 is 0 Å². The van der Waals surface area contributed by atoms with Crippen molar-refractivity contribution in [1.82, 2.24) is 5.32 Å². The molecule has 0 aliphatic carbocycles. The molecule has 2 rings (SSSR count). The predicted molar refractivity (Wildman–Crippen MR) is 71.8 cm³/mol. The van der Waals surface area contributed by atoms with Gasteiger partial charge in [-0.05, 0) is 36.8 Å². The topological polar surface area (TPSA) is 58.2 Å². The molecule has 0 amide bonds. The molecule has 0 unspecified atom stereocenters. The lowest BCUT2D eigenvalue weighted by Gasteiger charge is -2.07. The molecule has 0 radical (unpaired) electrons. The average molecular weight is 256 g/mol. The van der Waals surface area contributed by atoms with E-state index in [1.165, 1.54) is 5.56 Å². The summed E-state index contributed by atoms with van der Waals surface area (Å²) in [6.07, 6.45) is 0. The Morgan fingerprint density at radius 1 is 1.32 bits per heavy atom. The molecule has 0 bridgehead atoms. The van der Waals surface area contributed by atoms with Crippen molar-refractivity contribution in [2.24, 2.45) is 0 Å². The highest BCUT2D eigenvalue weighted by Gasteiger charge is 2.00. The quantitative estimate of drug-likeness (QED) is 0.807. The number of ether oxygens (including phenoxy) is 1. The predicted octanol–water partition coefficient (Wildman–Crippen LogP) is 2.63. The van der Waals surface area contributed by atoms with Crippen molar-refractivity contribution in [3.8, 4) is 11.8 Å². The van der Waals surface area contributed by atoms with Gasteiger partial charge in [0, 0.05) is 6.54 Å². The number of rotatable bonds is 6. The third kappa shape index (κ3) is 4.16. The number of nitriles is 1. The summed E-state index contributed by atoms with van der Waals surface area (Å²) in [5.41, 5.74) is 1.19. The summed E-state index contributed by atoms with van der Waals surface area (Å²) < 4.78 is 10.9. The monoisotopic (exact) mass is 256 g/mol. The van der Waals surface area contributed by atoms with E-state index in [1.807, 2.05) is 37.3 Å². The second-order valence-electron chi connectivity index (χ2n) is 4.22. The highest BCUT2D eigenvalue weighted by Crippen LogP contribution is 2.11. The Kier molecular flexibility index (Phi) is 4.60. The van der Waals surface area contributed by atoms with Crippen LogP contribution < -0.4 is 10.1 Å². The van der Waals surface area contributed by atoms with Crippen LogP contribution in [0, 0.1) is 18.3 Å². The highest BCUT2D eigenvalue weighted by atomic mass is 16.5. The molecule has 0 aliphatic heterocycles. The number of nitrogens with one attached hydrogen (secondary N) is 1. The van der Waals surface area contributed by atoms with Crippen molar-refractivity contribution in [2.45, 2.75) is 13.5 Å². The minimum Gasteiger partial charge on any atom is -0.492 e. The molecule has 0 saturated carbocycles. The molecule has 4 heteroatoms. The smallest absolute Gasteiger partial charge is 0.203 e. The normalized spacial score (nSPS) is 10.1. The van der Waals surface area contributed by atoms with E-state index < -0.39 is 0 Å². The molecule has 2 aromatic rings. The maximum atomic E-state index is 8.62. The van der Waals surface area contributed by atoms with E-state index in [9.17, 15) is 0 Å². The first-order chi connectivity index (χ1) is 9.28. The van der Waals surface area contributed by atoms with E-state index in [0.29, 0.717) is 18.9 Å². The summed E-state index contributed by atoms with van der Waals surface area (Å²) in [5.74, 6) is 1.98. The average Bonchev–Trinajstić information content (AvgIpc) is 2.86. The fourth-order valence-electron chi connectivity index (χ4n) is 1.69. The number of hydrogen-bond acceptors (Lipinski definition) is 4. The van der Waals surface area contributed by atoms with Crippen molar-refractivity contribution in [2.75, 3.05) is 13.2 Å². The lowest BCUT2D eigenvalue weighted by atomic mass is 10.2. The van der Waals surface area contributed by atoms with Crippen LogP contribution in [0.3, 0.4) is 0 Å². The van der Waals surface area contributed by atoms with Crippen LogP contribution >= 0.6 is 0 Å². The van der Waals surface area contributed by atoms with E-state index in [0.717, 1.165) is 18.1 Å². The molecular weight excluding hydrogens is 240 g/mol. The molecule has 1 heterocycles. The maximum absolute atomic E-state index is 8.62. The van der Waals surface area contributed by atoms with Crippen LogP contribution in [0.1, 0.15) is 17.1 Å². The Hall–Kier alpha value is -2.25. The molecule has 1 aromatic heterocycles. The maximum Gasteiger partial charge on any atom is 0.203 e. The first kappa shape index (κ1) is 13.2. The summed E-state index contributed by atoms with van der Waals surface area (Å²) >= 11 is 0. The van der Waals surface area contributed by atoms with E-state index in [-0.39, 0.29) is 0 Å². The van der Waals surface area contributed by atoms with Gasteiger partial charge in [-0.2, -0.15) is 5.26 Å². The number of hydrogen-bond donors (Lipinski definition) is 1. The van der Waals surface area contributed by atoms with Crippen molar-refractivity contribution in [3.05, 3.63) is 53.5 Å². The molecule has 1 N–H and O–H groups in total. The largest absolute Gasteiger partial charge is 0.492 e. The third-order valence-electron chi connectivity index (χ3n) is 2.61. The summed E-state index contributed by atoms with van der Waals surface area (Å²) in [6.45, 7) is 3.94. The van der Waals surface area contributed by atoms with Gasteiger partial charge < -0.3 is 14.5 Å². The second kappa shape index (κ2) is 6.62. The van der Waals surface area contributed by atoms with Crippen LogP contribution in [0.15, 0.2) is 40.8 Å². The van der Waals surface area contributed by atoms with Crippen molar-refractivity contribution < 1.29 is 9.15 Å². The first-order valence-corrected chi connectivity index (χ1v) is 6.17. The molecule has 0 spiro atoms. The molecule has 4 nitrogen and oxygen atoms in total. The van der Waals surface area contributed by atoms with Crippen molar-refractivity contribution in [1.29, 1.82) is 5.26 Å². The van der Waals surface area contributed by atoms with E-state index >= 15 is 0 Å². The minimum absolute atomic E-state index is 0.341. The molecule has 0 atom stereocenters. The number of benzene rings is 1. The number of aryl methyl sites for hydroxylation is 1. The van der Waals surface area contributed by atoms with Crippen molar-refractivity contribution in [3.63, 3.8) is 0 Å². The highest BCUT2D eigenvalue weighted by molar-refractivity contribution is 5.27. The Bertz CT molecular complexity index is 570. The van der Waals surface area contributed by atoms with Gasteiger partial charge in [-0.25, -0.2) is 0 Å². The lowest BCUT2D eigenvalue weighted by Crippen LogP contribution is -2.20. The summed E-state index contributed by atoms with van der Waals surface area (Å²) in [7, 11) is 0. The van der Waals surface area contributed by atoms with Crippen LogP contribution in [0.4, 0.5) is 0 Å². The second-order valence-corrected chi connectivity index (χ2v) is 4.22. The van der Waals surface area contributed by atoms with Gasteiger partial charge in [0.15, 0.2) is 0 Å². The van der Waals surface area contributed by atoms with E-state index in [4.69, 9.17) is 14.4 Å². The van der Waals surface area contributed by atoms with Gasteiger partial charge in [-0.3, -0.25) is 0 Å². The standard InChI is InChI=1S/C15H16N2O2/c1-12-3-2-4-13(9-12)18-8-7-17-11-15-6-5-14(10-16)19-15/h2-6,9,17H,7-8,11H2,1H3. The zero-order chi connectivity index (χ0) is 13.5. The Morgan fingerprint density at radius 2 is 2.21 bits per heavy atom. The summed E-state index contributed by atoms with van der Waals surface area (Å²) in [4.78, 5) is 0. The molecule has 19 heavy (non-hydrogen) atoms. The van der Waals surface area contributed by atoms with Gasteiger partial charge in [0.05, 0.1) is 6.54 Å². The van der Waals surface area contributed by atoms with Gasteiger partial charge in [0.1, 0.15) is 24.2 Å². The molecule has 0 fully saturated rings. The van der Waals surface area contributed by atoms with E-state index in [1.54, 1.807) is 12.1 Å². The number of nitrogens with zero attached hydrogens (tertiary/aromatic N) is 1. The SMILES string of the molecule is Cc1cccc(OCCNCc2ccc(C#N)o2)c1. The lowest BCUT2D eigenvalue weighted by molar-refractivity contribution is 0.310. The molecule has 98 valence electrons. The van der Waals surface area contributed by atoms with Gasteiger partial charge >= 0.3 is 0 Å². The fraction of sp³-hybridized carbons (Fsp3) is 0.267. The third-order valence-corrected chi connectivity index (χ3v) is 2.61. The summed E-state index contributed by atoms with van der Waals surface area (Å²) in [5, 5.41) is 11.8. The Labute approximate surface area is 112 Å². The van der Waals surface area contributed by atoms with Crippen LogP contribution in [-0.2, 0) is 6.54 Å². The first-order valence-electron chi connectivity index (χ1n) is 6.17.